The topological polar surface area (TPSA) is 47.1 Å². The van der Waals surface area contributed by atoms with E-state index >= 15 is 0 Å². The second-order valence-corrected chi connectivity index (χ2v) is 4.66. The van der Waals surface area contributed by atoms with E-state index in [-0.39, 0.29) is 0 Å². The predicted molar refractivity (Wildman–Crippen MR) is 75.4 cm³/mol. The van der Waals surface area contributed by atoms with Crippen LogP contribution in [0.25, 0.3) is 5.69 Å². The second kappa shape index (κ2) is 5.23. The van der Waals surface area contributed by atoms with Gasteiger partial charge in [0.15, 0.2) is 0 Å². The summed E-state index contributed by atoms with van der Waals surface area (Å²) in [7, 11) is 4.11. The molecule has 2 aromatic rings. The molecule has 96 valence electrons. The van der Waals surface area contributed by atoms with E-state index in [9.17, 15) is 0 Å². The summed E-state index contributed by atoms with van der Waals surface area (Å²) in [4.78, 5) is 6.33. The highest BCUT2D eigenvalue weighted by atomic mass is 15.1. The van der Waals surface area contributed by atoms with Crippen molar-refractivity contribution >= 4 is 5.69 Å². The second-order valence-electron chi connectivity index (χ2n) is 4.66. The van der Waals surface area contributed by atoms with Crippen molar-refractivity contribution in [2.75, 3.05) is 25.5 Å². The molecule has 1 aromatic carbocycles. The average Bonchev–Trinajstić information content (AvgIpc) is 2.78. The maximum atomic E-state index is 5.62. The van der Waals surface area contributed by atoms with E-state index in [1.165, 1.54) is 11.3 Å². The SMILES string of the molecule is Cc1ccc(-n2cncc2CCN)cc1N(C)C. The highest BCUT2D eigenvalue weighted by molar-refractivity contribution is 5.58. The Morgan fingerprint density at radius 1 is 1.33 bits per heavy atom. The van der Waals surface area contributed by atoms with Crippen LogP contribution in [-0.2, 0) is 6.42 Å². The third-order valence-electron chi connectivity index (χ3n) is 3.07. The van der Waals surface area contributed by atoms with Gasteiger partial charge in [-0.1, -0.05) is 6.07 Å². The number of aromatic nitrogens is 2. The van der Waals surface area contributed by atoms with Crippen LogP contribution in [0.5, 0.6) is 0 Å². The van der Waals surface area contributed by atoms with Crippen LogP contribution in [-0.4, -0.2) is 30.2 Å². The number of nitrogens with zero attached hydrogens (tertiary/aromatic N) is 3. The Morgan fingerprint density at radius 3 is 2.78 bits per heavy atom. The molecule has 1 heterocycles. The fourth-order valence-electron chi connectivity index (χ4n) is 2.12. The number of nitrogens with two attached hydrogens (primary N) is 1. The number of rotatable bonds is 4. The first-order valence-electron chi connectivity index (χ1n) is 6.13. The summed E-state index contributed by atoms with van der Waals surface area (Å²) in [6.07, 6.45) is 4.56. The molecule has 0 bridgehead atoms. The maximum Gasteiger partial charge on any atom is 0.0994 e. The van der Waals surface area contributed by atoms with Crippen LogP contribution in [0.1, 0.15) is 11.3 Å². The zero-order chi connectivity index (χ0) is 13.1. The zero-order valence-corrected chi connectivity index (χ0v) is 11.2. The van der Waals surface area contributed by atoms with Crippen LogP contribution >= 0.6 is 0 Å². The lowest BCUT2D eigenvalue weighted by Crippen LogP contribution is -2.12. The molecule has 0 radical (unpaired) electrons. The van der Waals surface area contributed by atoms with E-state index in [0.29, 0.717) is 6.54 Å². The van der Waals surface area contributed by atoms with E-state index in [1.54, 1.807) is 0 Å². The zero-order valence-electron chi connectivity index (χ0n) is 11.2. The molecule has 0 aliphatic carbocycles. The molecule has 4 nitrogen and oxygen atoms in total. The van der Waals surface area contributed by atoms with E-state index in [4.69, 9.17) is 5.73 Å². The van der Waals surface area contributed by atoms with E-state index in [1.807, 2.05) is 12.5 Å². The maximum absolute atomic E-state index is 5.62. The van der Waals surface area contributed by atoms with Gasteiger partial charge < -0.3 is 15.2 Å². The minimum atomic E-state index is 0.637. The first-order valence-corrected chi connectivity index (χ1v) is 6.13. The number of hydrogen-bond acceptors (Lipinski definition) is 3. The lowest BCUT2D eigenvalue weighted by molar-refractivity contribution is 0.873. The predicted octanol–water partition coefficient (Wildman–Crippen LogP) is 1.75. The molecule has 2 N–H and O–H groups in total. The highest BCUT2D eigenvalue weighted by Gasteiger charge is 2.07. The van der Waals surface area contributed by atoms with Gasteiger partial charge in [0.25, 0.3) is 0 Å². The smallest absolute Gasteiger partial charge is 0.0994 e. The summed E-state index contributed by atoms with van der Waals surface area (Å²) >= 11 is 0. The fourth-order valence-corrected chi connectivity index (χ4v) is 2.12. The van der Waals surface area contributed by atoms with Crippen LogP contribution in [0.3, 0.4) is 0 Å². The van der Waals surface area contributed by atoms with Gasteiger partial charge in [0.05, 0.1) is 6.33 Å². The number of benzene rings is 1. The van der Waals surface area contributed by atoms with Gasteiger partial charge in [0, 0.05) is 43.8 Å². The third-order valence-corrected chi connectivity index (χ3v) is 3.07. The van der Waals surface area contributed by atoms with E-state index in [0.717, 1.165) is 17.8 Å². The molecular formula is C14H20N4. The van der Waals surface area contributed by atoms with Gasteiger partial charge in [-0.05, 0) is 31.2 Å². The Morgan fingerprint density at radius 2 is 2.11 bits per heavy atom. The van der Waals surface area contributed by atoms with Crippen LogP contribution < -0.4 is 10.6 Å². The molecular weight excluding hydrogens is 224 g/mol. The number of imidazole rings is 1. The standard InChI is InChI=1S/C14H20N4/c1-11-4-5-12(8-14(11)17(2)3)18-10-16-9-13(18)6-7-15/h4-5,8-10H,6-7,15H2,1-3H3. The minimum Gasteiger partial charge on any atom is -0.377 e. The summed E-state index contributed by atoms with van der Waals surface area (Å²) in [6.45, 7) is 2.76. The average molecular weight is 244 g/mol. The molecule has 0 fully saturated rings. The van der Waals surface area contributed by atoms with Crippen molar-refractivity contribution in [1.82, 2.24) is 9.55 Å². The quantitative estimate of drug-likeness (QED) is 0.891. The molecule has 4 heteroatoms. The molecule has 0 unspecified atom stereocenters. The molecule has 0 aliphatic heterocycles. The molecule has 1 aromatic heterocycles. The van der Waals surface area contributed by atoms with Crippen molar-refractivity contribution in [3.8, 4) is 5.69 Å². The Balaban J connectivity index is 2.44. The van der Waals surface area contributed by atoms with Crippen LogP contribution in [0.4, 0.5) is 5.69 Å². The molecule has 0 spiro atoms. The van der Waals surface area contributed by atoms with Gasteiger partial charge in [-0.25, -0.2) is 4.98 Å². The summed E-state index contributed by atoms with van der Waals surface area (Å²) in [5.74, 6) is 0. The fraction of sp³-hybridized carbons (Fsp3) is 0.357. The number of anilines is 1. The van der Waals surface area contributed by atoms with Gasteiger partial charge in [-0.2, -0.15) is 0 Å². The lowest BCUT2D eigenvalue weighted by atomic mass is 10.1. The number of hydrogen-bond donors (Lipinski definition) is 1. The molecule has 18 heavy (non-hydrogen) atoms. The molecule has 0 saturated heterocycles. The Labute approximate surface area is 108 Å². The van der Waals surface area contributed by atoms with Crippen molar-refractivity contribution in [3.63, 3.8) is 0 Å². The first-order chi connectivity index (χ1) is 8.63. The van der Waals surface area contributed by atoms with Gasteiger partial charge in [-0.3, -0.25) is 0 Å². The summed E-state index contributed by atoms with van der Waals surface area (Å²) in [5.41, 5.74) is 10.4. The van der Waals surface area contributed by atoms with Crippen molar-refractivity contribution in [1.29, 1.82) is 0 Å². The Bertz CT molecular complexity index is 528. The van der Waals surface area contributed by atoms with Crippen LogP contribution in [0, 0.1) is 6.92 Å². The van der Waals surface area contributed by atoms with Crippen molar-refractivity contribution in [2.24, 2.45) is 5.73 Å². The third kappa shape index (κ3) is 2.38. The summed E-state index contributed by atoms with van der Waals surface area (Å²) < 4.78 is 2.10. The van der Waals surface area contributed by atoms with Crippen LogP contribution in [0.2, 0.25) is 0 Å². The molecule has 0 saturated carbocycles. The first kappa shape index (κ1) is 12.6. The minimum absolute atomic E-state index is 0.637. The number of aryl methyl sites for hydroxylation is 1. The highest BCUT2D eigenvalue weighted by Crippen LogP contribution is 2.22. The molecule has 0 atom stereocenters. The van der Waals surface area contributed by atoms with Gasteiger partial charge in [-0.15, -0.1) is 0 Å². The van der Waals surface area contributed by atoms with Gasteiger partial charge >= 0.3 is 0 Å². The monoisotopic (exact) mass is 244 g/mol. The van der Waals surface area contributed by atoms with E-state index in [2.05, 4.69) is 53.7 Å². The van der Waals surface area contributed by atoms with Crippen molar-refractivity contribution in [2.45, 2.75) is 13.3 Å². The largest absolute Gasteiger partial charge is 0.377 e. The molecule has 2 rings (SSSR count). The Hall–Kier alpha value is -1.81. The van der Waals surface area contributed by atoms with Crippen molar-refractivity contribution < 1.29 is 0 Å². The van der Waals surface area contributed by atoms with Gasteiger partial charge in [0.2, 0.25) is 0 Å². The van der Waals surface area contributed by atoms with Crippen molar-refractivity contribution in [3.05, 3.63) is 42.0 Å². The lowest BCUT2D eigenvalue weighted by Gasteiger charge is -2.17. The van der Waals surface area contributed by atoms with E-state index < -0.39 is 0 Å². The summed E-state index contributed by atoms with van der Waals surface area (Å²) in [5, 5.41) is 0. The normalized spacial score (nSPS) is 10.7. The van der Waals surface area contributed by atoms with Gasteiger partial charge in [0.1, 0.15) is 0 Å². The molecule has 0 aliphatic rings. The Kier molecular flexibility index (Phi) is 3.67. The van der Waals surface area contributed by atoms with Crippen LogP contribution in [0.15, 0.2) is 30.7 Å². The molecule has 0 amide bonds. The summed E-state index contributed by atoms with van der Waals surface area (Å²) in [6, 6.07) is 6.43.